The van der Waals surface area contributed by atoms with Gasteiger partial charge in [-0.25, -0.2) is 0 Å². The highest BCUT2D eigenvalue weighted by molar-refractivity contribution is 6.76. The molecule has 1 aromatic rings. The average Bonchev–Trinajstić information content (AvgIpc) is 2.25. The smallest absolute Gasteiger partial charge is 0.118 e. The van der Waals surface area contributed by atoms with E-state index in [9.17, 15) is 0 Å². The zero-order valence-corrected chi connectivity index (χ0v) is 11.8. The molecule has 1 aromatic carbocycles. The Kier molecular flexibility index (Phi) is 4.36. The molecular weight excluding hydrogens is 212 g/mol. The second-order valence-electron chi connectivity index (χ2n) is 5.39. The number of hydrogen-bond donors (Lipinski definition) is 0. The summed E-state index contributed by atoms with van der Waals surface area (Å²) in [4.78, 5) is 0. The quantitative estimate of drug-likeness (QED) is 0.685. The largest absolute Gasteiger partial charge is 0.497 e. The van der Waals surface area contributed by atoms with Crippen LogP contribution in [0, 0.1) is 0 Å². The van der Waals surface area contributed by atoms with Crippen molar-refractivity contribution in [1.29, 1.82) is 0 Å². The first-order valence-corrected chi connectivity index (χ1v) is 9.45. The Hall–Kier alpha value is -1.02. The summed E-state index contributed by atoms with van der Waals surface area (Å²) in [7, 11) is 0.733. The molecule has 0 bridgehead atoms. The molecule has 1 rings (SSSR count). The van der Waals surface area contributed by atoms with Crippen molar-refractivity contribution in [2.75, 3.05) is 7.11 Å². The maximum absolute atomic E-state index is 5.14. The minimum Gasteiger partial charge on any atom is -0.497 e. The summed E-state index contributed by atoms with van der Waals surface area (Å²) in [6.45, 7) is 11.4. The van der Waals surface area contributed by atoms with Gasteiger partial charge in [0, 0.05) is 8.07 Å². The van der Waals surface area contributed by atoms with Gasteiger partial charge in [-0.15, -0.1) is 0 Å². The molecule has 0 heterocycles. The standard InChI is InChI=1S/C14H22OSi/c1-12(10-11-16(3,4)5)13-6-8-14(15-2)9-7-13/h6-9H,1,10-11H2,2-5H3. The second kappa shape index (κ2) is 5.35. The van der Waals surface area contributed by atoms with Crippen LogP contribution in [0.3, 0.4) is 0 Å². The van der Waals surface area contributed by atoms with E-state index in [-0.39, 0.29) is 0 Å². The second-order valence-corrected chi connectivity index (χ2v) is 11.0. The normalized spacial score (nSPS) is 11.2. The van der Waals surface area contributed by atoms with Crippen molar-refractivity contribution in [3.05, 3.63) is 36.4 Å². The SMILES string of the molecule is C=C(CC[Si](C)(C)C)c1ccc(OC)cc1. The van der Waals surface area contributed by atoms with E-state index in [2.05, 4.69) is 38.4 Å². The van der Waals surface area contributed by atoms with E-state index >= 15 is 0 Å². The zero-order chi connectivity index (χ0) is 12.2. The Morgan fingerprint density at radius 2 is 1.75 bits per heavy atom. The first-order valence-electron chi connectivity index (χ1n) is 5.74. The van der Waals surface area contributed by atoms with Gasteiger partial charge in [0.15, 0.2) is 0 Å². The molecular formula is C14H22OSi. The van der Waals surface area contributed by atoms with Crippen molar-refractivity contribution in [2.45, 2.75) is 32.1 Å². The van der Waals surface area contributed by atoms with Crippen molar-refractivity contribution in [3.8, 4) is 5.75 Å². The molecule has 0 amide bonds. The molecule has 0 aliphatic carbocycles. The van der Waals surface area contributed by atoms with Gasteiger partial charge < -0.3 is 4.74 Å². The third-order valence-corrected chi connectivity index (χ3v) is 4.43. The van der Waals surface area contributed by atoms with Gasteiger partial charge in [-0.3, -0.25) is 0 Å². The maximum atomic E-state index is 5.14. The lowest BCUT2D eigenvalue weighted by Gasteiger charge is -2.16. The van der Waals surface area contributed by atoms with Crippen LogP contribution in [0.4, 0.5) is 0 Å². The van der Waals surface area contributed by atoms with E-state index in [4.69, 9.17) is 4.74 Å². The van der Waals surface area contributed by atoms with Gasteiger partial charge in [-0.05, 0) is 29.7 Å². The van der Waals surface area contributed by atoms with Crippen LogP contribution in [0.5, 0.6) is 5.75 Å². The molecule has 0 N–H and O–H groups in total. The highest BCUT2D eigenvalue weighted by Crippen LogP contribution is 2.24. The number of ether oxygens (including phenoxy) is 1. The number of rotatable bonds is 5. The predicted octanol–water partition coefficient (Wildman–Crippen LogP) is 4.44. The van der Waals surface area contributed by atoms with Crippen molar-refractivity contribution < 1.29 is 4.74 Å². The van der Waals surface area contributed by atoms with Gasteiger partial charge in [0.05, 0.1) is 7.11 Å². The summed E-state index contributed by atoms with van der Waals surface area (Å²) in [5.41, 5.74) is 2.48. The Morgan fingerprint density at radius 3 is 2.19 bits per heavy atom. The van der Waals surface area contributed by atoms with E-state index in [0.717, 1.165) is 12.2 Å². The zero-order valence-electron chi connectivity index (χ0n) is 10.8. The van der Waals surface area contributed by atoms with Crippen molar-refractivity contribution in [2.24, 2.45) is 0 Å². The topological polar surface area (TPSA) is 9.23 Å². The third kappa shape index (κ3) is 4.23. The van der Waals surface area contributed by atoms with Gasteiger partial charge in [-0.2, -0.15) is 0 Å². The van der Waals surface area contributed by atoms with Crippen LogP contribution in [-0.2, 0) is 0 Å². The lowest BCUT2D eigenvalue weighted by Crippen LogP contribution is -2.18. The van der Waals surface area contributed by atoms with Crippen LogP contribution in [-0.4, -0.2) is 15.2 Å². The summed E-state index contributed by atoms with van der Waals surface area (Å²) in [5.74, 6) is 0.904. The number of methoxy groups -OCH3 is 1. The minimum atomic E-state index is -0.956. The molecule has 0 fully saturated rings. The van der Waals surface area contributed by atoms with Crippen LogP contribution in [0.25, 0.3) is 5.57 Å². The van der Waals surface area contributed by atoms with E-state index in [1.807, 2.05) is 12.1 Å². The Morgan fingerprint density at radius 1 is 1.19 bits per heavy atom. The molecule has 0 saturated heterocycles. The first-order chi connectivity index (χ1) is 7.42. The third-order valence-electron chi connectivity index (χ3n) is 2.68. The molecule has 16 heavy (non-hydrogen) atoms. The molecule has 0 atom stereocenters. The summed E-state index contributed by atoms with van der Waals surface area (Å²) < 4.78 is 5.14. The fourth-order valence-electron chi connectivity index (χ4n) is 1.50. The Bertz CT molecular complexity index is 346. The number of benzene rings is 1. The fourth-order valence-corrected chi connectivity index (χ4v) is 2.55. The van der Waals surface area contributed by atoms with Crippen molar-refractivity contribution >= 4 is 13.6 Å². The maximum Gasteiger partial charge on any atom is 0.118 e. The number of allylic oxidation sites excluding steroid dienone is 1. The summed E-state index contributed by atoms with van der Waals surface area (Å²) >= 11 is 0. The summed E-state index contributed by atoms with van der Waals surface area (Å²) in [6.07, 6.45) is 1.11. The fraction of sp³-hybridized carbons (Fsp3) is 0.429. The van der Waals surface area contributed by atoms with E-state index in [0.29, 0.717) is 0 Å². The van der Waals surface area contributed by atoms with Gasteiger partial charge in [0.2, 0.25) is 0 Å². The van der Waals surface area contributed by atoms with Gasteiger partial charge in [-0.1, -0.05) is 44.4 Å². The van der Waals surface area contributed by atoms with E-state index in [1.165, 1.54) is 17.2 Å². The molecule has 0 aliphatic heterocycles. The van der Waals surface area contributed by atoms with E-state index < -0.39 is 8.07 Å². The van der Waals surface area contributed by atoms with Gasteiger partial charge in [0.25, 0.3) is 0 Å². The first kappa shape index (κ1) is 13.0. The summed E-state index contributed by atoms with van der Waals surface area (Å²) in [6, 6.07) is 9.47. The lowest BCUT2D eigenvalue weighted by molar-refractivity contribution is 0.415. The highest BCUT2D eigenvalue weighted by Gasteiger charge is 2.13. The van der Waals surface area contributed by atoms with Crippen LogP contribution in [0.15, 0.2) is 30.8 Å². The van der Waals surface area contributed by atoms with Crippen LogP contribution in [0.1, 0.15) is 12.0 Å². The van der Waals surface area contributed by atoms with Crippen molar-refractivity contribution in [1.82, 2.24) is 0 Å². The Labute approximate surface area is 100 Å². The lowest BCUT2D eigenvalue weighted by atomic mass is 10.1. The predicted molar refractivity (Wildman–Crippen MR) is 74.8 cm³/mol. The molecule has 0 aromatic heterocycles. The molecule has 0 saturated carbocycles. The highest BCUT2D eigenvalue weighted by atomic mass is 28.3. The monoisotopic (exact) mass is 234 g/mol. The van der Waals surface area contributed by atoms with Crippen LogP contribution in [0.2, 0.25) is 25.7 Å². The average molecular weight is 234 g/mol. The molecule has 0 unspecified atom stereocenters. The Balaban J connectivity index is 2.59. The van der Waals surface area contributed by atoms with Crippen LogP contribution < -0.4 is 4.74 Å². The van der Waals surface area contributed by atoms with Crippen molar-refractivity contribution in [3.63, 3.8) is 0 Å². The van der Waals surface area contributed by atoms with Crippen LogP contribution >= 0.6 is 0 Å². The molecule has 0 radical (unpaired) electrons. The molecule has 0 aliphatic rings. The van der Waals surface area contributed by atoms with E-state index in [1.54, 1.807) is 7.11 Å². The summed E-state index contributed by atoms with van der Waals surface area (Å²) in [5, 5.41) is 0. The molecule has 2 heteroatoms. The number of hydrogen-bond acceptors (Lipinski definition) is 1. The van der Waals surface area contributed by atoms with Gasteiger partial charge >= 0.3 is 0 Å². The minimum absolute atomic E-state index is 0.904. The molecule has 0 spiro atoms. The molecule has 88 valence electrons. The molecule has 1 nitrogen and oxygen atoms in total. The van der Waals surface area contributed by atoms with Gasteiger partial charge in [0.1, 0.15) is 5.75 Å².